The molecule has 6 heteroatoms. The summed E-state index contributed by atoms with van der Waals surface area (Å²) in [6, 6.07) is 11.0. The van der Waals surface area contributed by atoms with E-state index in [1.807, 2.05) is 0 Å². The summed E-state index contributed by atoms with van der Waals surface area (Å²) in [5.74, 6) is 1.49. The minimum atomic E-state index is 0.0874. The van der Waals surface area contributed by atoms with Gasteiger partial charge in [-0.15, -0.1) is 0 Å². The summed E-state index contributed by atoms with van der Waals surface area (Å²) in [5.41, 5.74) is 1.43. The molecule has 1 aromatic rings. The van der Waals surface area contributed by atoms with Crippen LogP contribution in [0.25, 0.3) is 0 Å². The number of nitrogens with zero attached hydrogens (tertiary/aromatic N) is 1. The topological polar surface area (TPSA) is 66.9 Å². The van der Waals surface area contributed by atoms with Gasteiger partial charge in [-0.25, -0.2) is 0 Å². The van der Waals surface area contributed by atoms with Gasteiger partial charge >= 0.3 is 0 Å². The van der Waals surface area contributed by atoms with Crippen LogP contribution in [0.2, 0.25) is 0 Å². The molecular weight excluding hydrogens is 388 g/mol. The van der Waals surface area contributed by atoms with Crippen LogP contribution in [0.1, 0.15) is 64.0 Å². The lowest BCUT2D eigenvalue weighted by atomic mass is 9.95. The summed E-state index contributed by atoms with van der Waals surface area (Å²) < 4.78 is 11.2. The minimum Gasteiger partial charge on any atom is -0.381 e. The second-order valence-electron chi connectivity index (χ2n) is 9.04. The van der Waals surface area contributed by atoms with Gasteiger partial charge in [0.1, 0.15) is 0 Å². The number of guanidine groups is 1. The summed E-state index contributed by atoms with van der Waals surface area (Å²) in [5, 5.41) is 10.8. The van der Waals surface area contributed by atoms with Crippen molar-refractivity contribution in [1.82, 2.24) is 16.0 Å². The number of ether oxygens (including phenoxy) is 2. The zero-order valence-corrected chi connectivity index (χ0v) is 19.5. The van der Waals surface area contributed by atoms with Gasteiger partial charge in [0.2, 0.25) is 0 Å². The lowest BCUT2D eigenvalue weighted by Gasteiger charge is -2.33. The van der Waals surface area contributed by atoms with Crippen LogP contribution in [-0.4, -0.2) is 57.6 Å². The maximum absolute atomic E-state index is 5.81. The number of nitrogens with one attached hydrogen (secondary N) is 3. The lowest BCUT2D eigenvalue weighted by Crippen LogP contribution is -2.48. The predicted molar refractivity (Wildman–Crippen MR) is 128 cm³/mol. The zero-order chi connectivity index (χ0) is 21.8. The molecule has 0 radical (unpaired) electrons. The Morgan fingerprint density at radius 2 is 2.03 bits per heavy atom. The Labute approximate surface area is 188 Å². The first kappa shape index (κ1) is 24.0. The fourth-order valence-electron chi connectivity index (χ4n) is 4.60. The molecule has 174 valence electrons. The van der Waals surface area contributed by atoms with Crippen LogP contribution in [0.15, 0.2) is 35.3 Å². The van der Waals surface area contributed by atoms with Crippen LogP contribution < -0.4 is 16.0 Å². The van der Waals surface area contributed by atoms with E-state index in [-0.39, 0.29) is 5.54 Å². The smallest absolute Gasteiger partial charge is 0.191 e. The van der Waals surface area contributed by atoms with Crippen molar-refractivity contribution in [3.05, 3.63) is 35.9 Å². The SMILES string of the molecule is CCNC(=NCC1(NC(C)c2ccccc2)CCCC1)NCCCOCC1CCOC1. The Kier molecular flexibility index (Phi) is 10.1. The molecule has 1 heterocycles. The Morgan fingerprint density at radius 3 is 2.74 bits per heavy atom. The summed E-state index contributed by atoms with van der Waals surface area (Å²) in [6.45, 7) is 10.3. The van der Waals surface area contributed by atoms with E-state index >= 15 is 0 Å². The molecule has 2 fully saturated rings. The predicted octanol–water partition coefficient (Wildman–Crippen LogP) is 3.65. The second kappa shape index (κ2) is 13.0. The van der Waals surface area contributed by atoms with Gasteiger partial charge in [0, 0.05) is 43.8 Å². The molecule has 1 saturated heterocycles. The van der Waals surface area contributed by atoms with Crippen molar-refractivity contribution < 1.29 is 9.47 Å². The van der Waals surface area contributed by atoms with Gasteiger partial charge in [-0.2, -0.15) is 0 Å². The van der Waals surface area contributed by atoms with Crippen molar-refractivity contribution in [1.29, 1.82) is 0 Å². The largest absolute Gasteiger partial charge is 0.381 e. The van der Waals surface area contributed by atoms with Crippen molar-refractivity contribution >= 4 is 5.96 Å². The quantitative estimate of drug-likeness (QED) is 0.268. The normalized spacial score (nSPS) is 21.9. The van der Waals surface area contributed by atoms with Crippen LogP contribution in [0, 0.1) is 5.92 Å². The van der Waals surface area contributed by atoms with Gasteiger partial charge in [-0.1, -0.05) is 43.2 Å². The van der Waals surface area contributed by atoms with Crippen molar-refractivity contribution in [2.45, 2.75) is 64.0 Å². The van der Waals surface area contributed by atoms with Crippen LogP contribution >= 0.6 is 0 Å². The van der Waals surface area contributed by atoms with Crippen molar-refractivity contribution in [3.63, 3.8) is 0 Å². The average Bonchev–Trinajstić information content (AvgIpc) is 3.47. The molecule has 1 aliphatic carbocycles. The Balaban J connectivity index is 1.45. The van der Waals surface area contributed by atoms with Crippen molar-refractivity contribution in [2.24, 2.45) is 10.9 Å². The monoisotopic (exact) mass is 430 g/mol. The molecule has 6 nitrogen and oxygen atoms in total. The Morgan fingerprint density at radius 1 is 1.23 bits per heavy atom. The molecule has 1 aliphatic heterocycles. The van der Waals surface area contributed by atoms with Gasteiger partial charge < -0.3 is 25.4 Å². The first-order valence-electron chi connectivity index (χ1n) is 12.2. The van der Waals surface area contributed by atoms with E-state index in [4.69, 9.17) is 14.5 Å². The van der Waals surface area contributed by atoms with Gasteiger partial charge in [0.05, 0.1) is 19.8 Å². The van der Waals surface area contributed by atoms with Crippen LogP contribution in [0.3, 0.4) is 0 Å². The third-order valence-electron chi connectivity index (χ3n) is 6.40. The first-order chi connectivity index (χ1) is 15.2. The van der Waals surface area contributed by atoms with Crippen molar-refractivity contribution in [2.75, 3.05) is 46.1 Å². The maximum Gasteiger partial charge on any atom is 0.191 e. The highest BCUT2D eigenvalue weighted by Crippen LogP contribution is 2.32. The van der Waals surface area contributed by atoms with Crippen LogP contribution in [0.5, 0.6) is 0 Å². The number of benzene rings is 1. The molecule has 3 rings (SSSR count). The van der Waals surface area contributed by atoms with Gasteiger partial charge in [-0.3, -0.25) is 4.99 Å². The maximum atomic E-state index is 5.81. The number of hydrogen-bond donors (Lipinski definition) is 3. The van der Waals surface area contributed by atoms with E-state index in [0.717, 1.165) is 64.9 Å². The summed E-state index contributed by atoms with van der Waals surface area (Å²) in [6.07, 6.45) is 7.03. The van der Waals surface area contributed by atoms with Gasteiger partial charge in [0.15, 0.2) is 5.96 Å². The number of hydrogen-bond acceptors (Lipinski definition) is 4. The standard InChI is InChI=1S/C25H42N4O2/c1-3-26-24(27-15-9-16-30-18-22-12-17-31-19-22)28-20-25(13-7-8-14-25)29-21(2)23-10-5-4-6-11-23/h4-6,10-11,21-22,29H,3,7-9,12-20H2,1-2H3,(H2,26,27,28). The fourth-order valence-corrected chi connectivity index (χ4v) is 4.60. The molecule has 1 aromatic carbocycles. The van der Waals surface area contributed by atoms with E-state index in [1.165, 1.54) is 31.2 Å². The molecule has 1 saturated carbocycles. The Hall–Kier alpha value is -1.63. The van der Waals surface area contributed by atoms with E-state index in [9.17, 15) is 0 Å². The van der Waals surface area contributed by atoms with E-state index in [0.29, 0.717) is 12.0 Å². The van der Waals surface area contributed by atoms with Crippen LogP contribution in [-0.2, 0) is 9.47 Å². The van der Waals surface area contributed by atoms with Crippen LogP contribution in [0.4, 0.5) is 0 Å². The molecule has 2 atom stereocenters. The highest BCUT2D eigenvalue weighted by atomic mass is 16.5. The molecular formula is C25H42N4O2. The highest BCUT2D eigenvalue weighted by Gasteiger charge is 2.35. The second-order valence-corrected chi connectivity index (χ2v) is 9.04. The lowest BCUT2D eigenvalue weighted by molar-refractivity contribution is 0.0888. The average molecular weight is 431 g/mol. The number of aliphatic imine (C=N–C) groups is 1. The van der Waals surface area contributed by atoms with E-state index in [1.54, 1.807) is 0 Å². The molecule has 31 heavy (non-hydrogen) atoms. The van der Waals surface area contributed by atoms with E-state index < -0.39 is 0 Å². The minimum absolute atomic E-state index is 0.0874. The fraction of sp³-hybridized carbons (Fsp3) is 0.720. The summed E-state index contributed by atoms with van der Waals surface area (Å²) >= 11 is 0. The highest BCUT2D eigenvalue weighted by molar-refractivity contribution is 5.79. The molecule has 0 bridgehead atoms. The zero-order valence-electron chi connectivity index (χ0n) is 19.5. The van der Waals surface area contributed by atoms with Crippen molar-refractivity contribution in [3.8, 4) is 0 Å². The molecule has 0 spiro atoms. The molecule has 3 N–H and O–H groups in total. The third kappa shape index (κ3) is 8.09. The molecule has 0 amide bonds. The molecule has 2 aliphatic rings. The Bertz CT molecular complexity index is 640. The molecule has 2 unspecified atom stereocenters. The van der Waals surface area contributed by atoms with Gasteiger partial charge in [0.25, 0.3) is 0 Å². The third-order valence-corrected chi connectivity index (χ3v) is 6.40. The van der Waals surface area contributed by atoms with Gasteiger partial charge in [-0.05, 0) is 45.1 Å². The molecule has 0 aromatic heterocycles. The first-order valence-corrected chi connectivity index (χ1v) is 12.2. The number of rotatable bonds is 12. The summed E-state index contributed by atoms with van der Waals surface area (Å²) in [7, 11) is 0. The summed E-state index contributed by atoms with van der Waals surface area (Å²) in [4.78, 5) is 4.97. The van der Waals surface area contributed by atoms with E-state index in [2.05, 4.69) is 60.1 Å².